The third kappa shape index (κ3) is 5.22. The average Bonchev–Trinajstić information content (AvgIpc) is 3.35. The Balaban J connectivity index is 1.23. The van der Waals surface area contributed by atoms with Crippen molar-refractivity contribution in [1.82, 2.24) is 14.8 Å². The van der Waals surface area contributed by atoms with Gasteiger partial charge < -0.3 is 4.90 Å². The lowest BCUT2D eigenvalue weighted by atomic mass is 9.90. The molecule has 3 aromatic carbocycles. The summed E-state index contributed by atoms with van der Waals surface area (Å²) in [5.41, 5.74) is 4.14. The van der Waals surface area contributed by atoms with Gasteiger partial charge in [0.15, 0.2) is 0 Å². The molecule has 0 unspecified atom stereocenters. The molecular formula is C28H26ClN3OS. The maximum absolute atomic E-state index is 13.6. The summed E-state index contributed by atoms with van der Waals surface area (Å²) in [7, 11) is 0. The van der Waals surface area contributed by atoms with Crippen LogP contribution in [0.1, 0.15) is 22.1 Å². The van der Waals surface area contributed by atoms with Crippen LogP contribution in [0.15, 0.2) is 90.3 Å². The van der Waals surface area contributed by atoms with Gasteiger partial charge in [0.1, 0.15) is 5.01 Å². The number of thiazole rings is 1. The number of halogens is 1. The minimum atomic E-state index is -0.269. The van der Waals surface area contributed by atoms with E-state index >= 15 is 0 Å². The largest absolute Gasteiger partial charge is 0.339 e. The Morgan fingerprint density at radius 2 is 1.44 bits per heavy atom. The summed E-state index contributed by atoms with van der Waals surface area (Å²) in [6.07, 6.45) is 0. The zero-order valence-corrected chi connectivity index (χ0v) is 20.4. The summed E-state index contributed by atoms with van der Waals surface area (Å²) in [5.74, 6) is -0.0915. The third-order valence-corrected chi connectivity index (χ3v) is 7.33. The Labute approximate surface area is 209 Å². The molecule has 1 aliphatic rings. The number of piperazine rings is 1. The molecular weight excluding hydrogens is 462 g/mol. The monoisotopic (exact) mass is 487 g/mol. The smallest absolute Gasteiger partial charge is 0.234 e. The van der Waals surface area contributed by atoms with Crippen LogP contribution in [0.5, 0.6) is 0 Å². The first-order valence-corrected chi connectivity index (χ1v) is 12.7. The second-order valence-corrected chi connectivity index (χ2v) is 9.87. The SMILES string of the molecule is O=C(C(c1ccccc1)c1ccccc1)N1CCN(Cc2nc(-c3ccc(Cl)cc3)cs2)CC1. The summed E-state index contributed by atoms with van der Waals surface area (Å²) < 4.78 is 0. The van der Waals surface area contributed by atoms with Crippen LogP contribution in [0.3, 0.4) is 0 Å². The molecule has 2 heterocycles. The summed E-state index contributed by atoms with van der Waals surface area (Å²) in [6, 6.07) is 28.0. The lowest BCUT2D eigenvalue weighted by molar-refractivity contribution is -0.133. The molecule has 34 heavy (non-hydrogen) atoms. The van der Waals surface area contributed by atoms with Crippen LogP contribution in [-0.2, 0) is 11.3 Å². The van der Waals surface area contributed by atoms with E-state index in [1.165, 1.54) is 0 Å². The second-order valence-electron chi connectivity index (χ2n) is 8.49. The van der Waals surface area contributed by atoms with E-state index in [0.29, 0.717) is 0 Å². The summed E-state index contributed by atoms with van der Waals surface area (Å²) >= 11 is 7.69. The van der Waals surface area contributed by atoms with E-state index in [1.54, 1.807) is 11.3 Å². The van der Waals surface area contributed by atoms with Crippen molar-refractivity contribution in [3.05, 3.63) is 111 Å². The van der Waals surface area contributed by atoms with Gasteiger partial charge in [-0.3, -0.25) is 9.69 Å². The van der Waals surface area contributed by atoms with Gasteiger partial charge in [0.2, 0.25) is 5.91 Å². The minimum absolute atomic E-state index is 0.177. The van der Waals surface area contributed by atoms with E-state index in [9.17, 15) is 4.79 Å². The van der Waals surface area contributed by atoms with Crippen molar-refractivity contribution in [2.24, 2.45) is 0 Å². The van der Waals surface area contributed by atoms with E-state index in [4.69, 9.17) is 16.6 Å². The highest BCUT2D eigenvalue weighted by Crippen LogP contribution is 2.28. The molecule has 172 valence electrons. The highest BCUT2D eigenvalue weighted by molar-refractivity contribution is 7.09. The van der Waals surface area contributed by atoms with Crippen LogP contribution in [0.4, 0.5) is 0 Å². The first-order valence-electron chi connectivity index (χ1n) is 11.5. The molecule has 0 saturated carbocycles. The number of hydrogen-bond donors (Lipinski definition) is 0. The number of aromatic nitrogens is 1. The number of carbonyl (C=O) groups excluding carboxylic acids is 1. The van der Waals surface area contributed by atoms with Crippen molar-refractivity contribution < 1.29 is 4.79 Å². The average molecular weight is 488 g/mol. The highest BCUT2D eigenvalue weighted by atomic mass is 35.5. The molecule has 1 amide bonds. The molecule has 4 aromatic rings. The molecule has 0 bridgehead atoms. The van der Waals surface area contributed by atoms with Gasteiger partial charge in [0.05, 0.1) is 18.2 Å². The number of nitrogens with zero attached hydrogens (tertiary/aromatic N) is 3. The number of amides is 1. The zero-order valence-electron chi connectivity index (χ0n) is 18.8. The highest BCUT2D eigenvalue weighted by Gasteiger charge is 2.30. The maximum Gasteiger partial charge on any atom is 0.234 e. The van der Waals surface area contributed by atoms with Gasteiger partial charge >= 0.3 is 0 Å². The Hall–Kier alpha value is -2.99. The van der Waals surface area contributed by atoms with Crippen LogP contribution < -0.4 is 0 Å². The van der Waals surface area contributed by atoms with Crippen molar-refractivity contribution in [3.63, 3.8) is 0 Å². The van der Waals surface area contributed by atoms with E-state index in [2.05, 4.69) is 10.3 Å². The molecule has 0 radical (unpaired) electrons. The third-order valence-electron chi connectivity index (χ3n) is 6.25. The minimum Gasteiger partial charge on any atom is -0.339 e. The van der Waals surface area contributed by atoms with Crippen LogP contribution >= 0.6 is 22.9 Å². The van der Waals surface area contributed by atoms with E-state index in [0.717, 1.165) is 65.1 Å². The van der Waals surface area contributed by atoms with Gasteiger partial charge in [-0.15, -0.1) is 11.3 Å². The van der Waals surface area contributed by atoms with Crippen molar-refractivity contribution in [2.75, 3.05) is 26.2 Å². The fourth-order valence-corrected chi connectivity index (χ4v) is 5.38. The zero-order chi connectivity index (χ0) is 23.3. The topological polar surface area (TPSA) is 36.4 Å². The number of rotatable bonds is 6. The molecule has 1 fully saturated rings. The number of hydrogen-bond acceptors (Lipinski definition) is 4. The van der Waals surface area contributed by atoms with Crippen molar-refractivity contribution >= 4 is 28.8 Å². The standard InChI is InChI=1S/C28H26ClN3OS/c29-24-13-11-21(12-14-24)25-20-34-26(30-25)19-31-15-17-32(18-16-31)28(33)27(22-7-3-1-4-8-22)23-9-5-2-6-10-23/h1-14,20,27H,15-19H2. The first-order chi connectivity index (χ1) is 16.7. The lowest BCUT2D eigenvalue weighted by Gasteiger charge is -2.36. The van der Waals surface area contributed by atoms with Crippen LogP contribution in [-0.4, -0.2) is 46.9 Å². The summed E-state index contributed by atoms with van der Waals surface area (Å²) in [5, 5.41) is 3.92. The van der Waals surface area contributed by atoms with Crippen molar-refractivity contribution in [3.8, 4) is 11.3 Å². The fraction of sp³-hybridized carbons (Fsp3) is 0.214. The Bertz CT molecular complexity index is 1180. The molecule has 0 spiro atoms. The number of benzene rings is 3. The lowest BCUT2D eigenvalue weighted by Crippen LogP contribution is -2.49. The van der Waals surface area contributed by atoms with Crippen LogP contribution in [0.2, 0.25) is 5.02 Å². The Morgan fingerprint density at radius 3 is 2.03 bits per heavy atom. The van der Waals surface area contributed by atoms with Gasteiger partial charge in [-0.1, -0.05) is 84.4 Å². The van der Waals surface area contributed by atoms with E-state index < -0.39 is 0 Å². The molecule has 0 N–H and O–H groups in total. The van der Waals surface area contributed by atoms with E-state index in [-0.39, 0.29) is 11.8 Å². The molecule has 0 aliphatic carbocycles. The maximum atomic E-state index is 13.6. The van der Waals surface area contributed by atoms with Crippen molar-refractivity contribution in [1.29, 1.82) is 0 Å². The van der Waals surface area contributed by atoms with Gasteiger partial charge in [0, 0.05) is 42.1 Å². The molecule has 6 heteroatoms. The first kappa shape index (κ1) is 22.8. The van der Waals surface area contributed by atoms with Gasteiger partial charge in [-0.25, -0.2) is 4.98 Å². The summed E-state index contributed by atoms with van der Waals surface area (Å²) in [4.78, 5) is 22.9. The quantitative estimate of drug-likeness (QED) is 0.337. The van der Waals surface area contributed by atoms with Gasteiger partial charge in [-0.2, -0.15) is 0 Å². The van der Waals surface area contributed by atoms with Crippen LogP contribution in [0, 0.1) is 0 Å². The summed E-state index contributed by atoms with van der Waals surface area (Å²) in [6.45, 7) is 3.95. The van der Waals surface area contributed by atoms with Gasteiger partial charge in [-0.05, 0) is 23.3 Å². The molecule has 1 aromatic heterocycles. The van der Waals surface area contributed by atoms with Crippen LogP contribution in [0.25, 0.3) is 11.3 Å². The molecule has 5 rings (SSSR count). The fourth-order valence-electron chi connectivity index (χ4n) is 4.41. The van der Waals surface area contributed by atoms with Crippen molar-refractivity contribution in [2.45, 2.75) is 12.5 Å². The van der Waals surface area contributed by atoms with E-state index in [1.807, 2.05) is 89.8 Å². The molecule has 0 atom stereocenters. The Morgan fingerprint density at radius 1 is 0.853 bits per heavy atom. The van der Waals surface area contributed by atoms with Gasteiger partial charge in [0.25, 0.3) is 0 Å². The Kier molecular flexibility index (Phi) is 7.05. The number of carbonyl (C=O) groups is 1. The second kappa shape index (κ2) is 10.5. The predicted octanol–water partition coefficient (Wildman–Crippen LogP) is 5.94. The molecule has 4 nitrogen and oxygen atoms in total. The molecule has 1 aliphatic heterocycles. The normalized spacial score (nSPS) is 14.5. The molecule has 1 saturated heterocycles. The predicted molar refractivity (Wildman–Crippen MR) is 139 cm³/mol.